The van der Waals surface area contributed by atoms with Crippen LogP contribution in [0, 0.1) is 0 Å². The molecule has 0 saturated carbocycles. The monoisotopic (exact) mass is 356 g/mol. The summed E-state index contributed by atoms with van der Waals surface area (Å²) in [6, 6.07) is 16.5. The van der Waals surface area contributed by atoms with Crippen LogP contribution in [0.5, 0.6) is 0 Å². The molecule has 0 bridgehead atoms. The van der Waals surface area contributed by atoms with E-state index in [1.165, 1.54) is 24.0 Å². The first kappa shape index (κ1) is 18.2. The first-order chi connectivity index (χ1) is 12.3. The summed E-state index contributed by atoms with van der Waals surface area (Å²) in [6.45, 7) is 5.09. The minimum atomic E-state index is -0.265. The summed E-state index contributed by atoms with van der Waals surface area (Å²) in [7, 11) is 0. The molecule has 132 valence electrons. The maximum absolute atomic E-state index is 5.95. The molecule has 0 unspecified atom stereocenters. The van der Waals surface area contributed by atoms with Crippen molar-refractivity contribution in [2.45, 2.75) is 37.9 Å². The normalized spacial score (nSPS) is 20.4. The predicted molar refractivity (Wildman–Crippen MR) is 103 cm³/mol. The lowest BCUT2D eigenvalue weighted by Crippen LogP contribution is -2.25. The maximum atomic E-state index is 5.95. The lowest BCUT2D eigenvalue weighted by atomic mass is 10.00. The second kappa shape index (κ2) is 9.19. The van der Waals surface area contributed by atoms with Crippen molar-refractivity contribution in [2.75, 3.05) is 13.2 Å². The molecule has 0 N–H and O–H groups in total. The lowest BCUT2D eigenvalue weighted by Gasteiger charge is -2.30. The maximum Gasteiger partial charge on any atom is 0.183 e. The highest BCUT2D eigenvalue weighted by Crippen LogP contribution is 2.30. The topological polar surface area (TPSA) is 18.5 Å². The number of benzene rings is 2. The van der Waals surface area contributed by atoms with Gasteiger partial charge in [-0.05, 0) is 48.9 Å². The van der Waals surface area contributed by atoms with Gasteiger partial charge in [0.15, 0.2) is 6.29 Å². The minimum Gasteiger partial charge on any atom is -0.348 e. The molecule has 3 heteroatoms. The van der Waals surface area contributed by atoms with Crippen LogP contribution in [0.4, 0.5) is 0 Å². The molecule has 2 nitrogen and oxygen atoms in total. The Morgan fingerprint density at radius 1 is 0.920 bits per heavy atom. The molecule has 1 aliphatic rings. The minimum absolute atomic E-state index is 0.262. The van der Waals surface area contributed by atoms with Gasteiger partial charge < -0.3 is 9.47 Å². The standard InChI is InChI=1S/C22H25ClO2/c1-2-3-4-5-6-17-7-9-19(10-8-17)22-24-15-20(16-25-22)18-11-13-21(23)14-12-18/h2,7-14,20,22H,1,3-6,15-16H2. The summed E-state index contributed by atoms with van der Waals surface area (Å²) in [5.74, 6) is 0.262. The Balaban J connectivity index is 1.50. The third-order valence-corrected chi connectivity index (χ3v) is 4.87. The number of halogens is 1. The Labute approximate surface area is 155 Å². The van der Waals surface area contributed by atoms with Crippen LogP contribution in [0.25, 0.3) is 0 Å². The second-order valence-corrected chi connectivity index (χ2v) is 6.96. The molecular weight excluding hydrogens is 332 g/mol. The van der Waals surface area contributed by atoms with E-state index in [2.05, 4.69) is 30.8 Å². The number of rotatable bonds is 7. The average molecular weight is 357 g/mol. The van der Waals surface area contributed by atoms with Gasteiger partial charge in [0.05, 0.1) is 13.2 Å². The van der Waals surface area contributed by atoms with Gasteiger partial charge in [0.2, 0.25) is 0 Å². The third kappa shape index (κ3) is 5.18. The molecule has 1 aliphatic heterocycles. The van der Waals surface area contributed by atoms with Gasteiger partial charge in [0, 0.05) is 16.5 Å². The van der Waals surface area contributed by atoms with Gasteiger partial charge in [-0.25, -0.2) is 0 Å². The van der Waals surface area contributed by atoms with Gasteiger partial charge in [0.25, 0.3) is 0 Å². The number of ether oxygens (including phenoxy) is 2. The zero-order valence-corrected chi connectivity index (χ0v) is 15.3. The highest BCUT2D eigenvalue weighted by Gasteiger charge is 2.24. The van der Waals surface area contributed by atoms with Crippen molar-refractivity contribution >= 4 is 11.6 Å². The molecule has 1 saturated heterocycles. The van der Waals surface area contributed by atoms with Crippen molar-refractivity contribution in [3.63, 3.8) is 0 Å². The fourth-order valence-electron chi connectivity index (χ4n) is 3.08. The van der Waals surface area contributed by atoms with E-state index in [-0.39, 0.29) is 12.2 Å². The molecule has 2 aromatic carbocycles. The smallest absolute Gasteiger partial charge is 0.183 e. The summed E-state index contributed by atoms with van der Waals surface area (Å²) in [6.07, 6.45) is 6.32. The molecule has 0 radical (unpaired) electrons. The number of aryl methyl sites for hydroxylation is 1. The van der Waals surface area contributed by atoms with Gasteiger partial charge in [0.1, 0.15) is 0 Å². The van der Waals surface area contributed by atoms with Gasteiger partial charge >= 0.3 is 0 Å². The molecular formula is C22H25ClO2. The van der Waals surface area contributed by atoms with Crippen molar-refractivity contribution in [2.24, 2.45) is 0 Å². The summed E-state index contributed by atoms with van der Waals surface area (Å²) < 4.78 is 11.9. The number of unbranched alkanes of at least 4 members (excludes halogenated alkanes) is 2. The van der Waals surface area contributed by atoms with E-state index in [1.807, 2.05) is 30.3 Å². The van der Waals surface area contributed by atoms with E-state index in [0.29, 0.717) is 13.2 Å². The van der Waals surface area contributed by atoms with Crippen molar-refractivity contribution in [1.29, 1.82) is 0 Å². The van der Waals surface area contributed by atoms with E-state index in [1.54, 1.807) is 0 Å². The van der Waals surface area contributed by atoms with Crippen LogP contribution < -0.4 is 0 Å². The lowest BCUT2D eigenvalue weighted by molar-refractivity contribution is -0.191. The van der Waals surface area contributed by atoms with Crippen LogP contribution >= 0.6 is 11.6 Å². The number of allylic oxidation sites excluding steroid dienone is 1. The molecule has 0 aromatic heterocycles. The second-order valence-electron chi connectivity index (χ2n) is 6.52. The molecule has 0 amide bonds. The van der Waals surface area contributed by atoms with Gasteiger partial charge in [-0.2, -0.15) is 0 Å². The first-order valence-electron chi connectivity index (χ1n) is 8.94. The Morgan fingerprint density at radius 2 is 1.56 bits per heavy atom. The van der Waals surface area contributed by atoms with Crippen molar-refractivity contribution < 1.29 is 9.47 Å². The number of hydrogen-bond acceptors (Lipinski definition) is 2. The summed E-state index contributed by atoms with van der Waals surface area (Å²) in [4.78, 5) is 0. The van der Waals surface area contributed by atoms with Crippen LogP contribution in [0.2, 0.25) is 5.02 Å². The van der Waals surface area contributed by atoms with Crippen LogP contribution in [0.3, 0.4) is 0 Å². The van der Waals surface area contributed by atoms with Crippen molar-refractivity contribution in [3.8, 4) is 0 Å². The Kier molecular flexibility index (Phi) is 6.69. The van der Waals surface area contributed by atoms with Crippen LogP contribution in [0.1, 0.15) is 48.2 Å². The van der Waals surface area contributed by atoms with Gasteiger partial charge in [-0.1, -0.05) is 54.1 Å². The van der Waals surface area contributed by atoms with E-state index in [9.17, 15) is 0 Å². The molecule has 0 aliphatic carbocycles. The number of hydrogen-bond donors (Lipinski definition) is 0. The zero-order chi connectivity index (χ0) is 17.5. The van der Waals surface area contributed by atoms with Crippen LogP contribution in [0.15, 0.2) is 61.2 Å². The van der Waals surface area contributed by atoms with Gasteiger partial charge in [-0.3, -0.25) is 0 Å². The molecule has 1 heterocycles. The highest BCUT2D eigenvalue weighted by molar-refractivity contribution is 6.30. The van der Waals surface area contributed by atoms with E-state index >= 15 is 0 Å². The molecule has 2 aromatic rings. The summed E-state index contributed by atoms with van der Waals surface area (Å²) in [5.41, 5.74) is 3.66. The Hall–Kier alpha value is -1.61. The SMILES string of the molecule is C=CCCCCc1ccc(C2OCC(c3ccc(Cl)cc3)CO2)cc1. The molecule has 0 spiro atoms. The van der Waals surface area contributed by atoms with Crippen LogP contribution in [-0.2, 0) is 15.9 Å². The Morgan fingerprint density at radius 3 is 2.20 bits per heavy atom. The van der Waals surface area contributed by atoms with E-state index < -0.39 is 0 Å². The summed E-state index contributed by atoms with van der Waals surface area (Å²) >= 11 is 5.95. The van der Waals surface area contributed by atoms with E-state index in [0.717, 1.165) is 23.4 Å². The van der Waals surface area contributed by atoms with Gasteiger partial charge in [-0.15, -0.1) is 6.58 Å². The highest BCUT2D eigenvalue weighted by atomic mass is 35.5. The molecule has 0 atom stereocenters. The molecule has 25 heavy (non-hydrogen) atoms. The third-order valence-electron chi connectivity index (χ3n) is 4.61. The largest absolute Gasteiger partial charge is 0.348 e. The molecule has 1 fully saturated rings. The predicted octanol–water partition coefficient (Wildman–Crippen LogP) is 6.07. The van der Waals surface area contributed by atoms with Crippen molar-refractivity contribution in [1.82, 2.24) is 0 Å². The quantitative estimate of drug-likeness (QED) is 0.443. The van der Waals surface area contributed by atoms with E-state index in [4.69, 9.17) is 21.1 Å². The zero-order valence-electron chi connectivity index (χ0n) is 14.5. The summed E-state index contributed by atoms with van der Waals surface area (Å²) in [5, 5.41) is 0.754. The fourth-order valence-corrected chi connectivity index (χ4v) is 3.21. The van der Waals surface area contributed by atoms with Crippen molar-refractivity contribution in [3.05, 3.63) is 82.9 Å². The average Bonchev–Trinajstić information content (AvgIpc) is 2.67. The molecule has 3 rings (SSSR count). The van der Waals surface area contributed by atoms with Crippen LogP contribution in [-0.4, -0.2) is 13.2 Å². The fraction of sp³-hybridized carbons (Fsp3) is 0.364. The Bertz CT molecular complexity index is 655. The first-order valence-corrected chi connectivity index (χ1v) is 9.32.